The van der Waals surface area contributed by atoms with Crippen LogP contribution in [0.5, 0.6) is 5.88 Å². The molecule has 1 atom stereocenters. The summed E-state index contributed by atoms with van der Waals surface area (Å²) in [6.07, 6.45) is 0.315. The third kappa shape index (κ3) is 3.75. The van der Waals surface area contributed by atoms with Crippen LogP contribution in [-0.4, -0.2) is 22.8 Å². The van der Waals surface area contributed by atoms with Gasteiger partial charge in [0.15, 0.2) is 0 Å². The zero-order valence-corrected chi connectivity index (χ0v) is 8.95. The summed E-state index contributed by atoms with van der Waals surface area (Å²) in [7, 11) is 0. The van der Waals surface area contributed by atoms with Crippen LogP contribution in [0.1, 0.15) is 24.6 Å². The van der Waals surface area contributed by atoms with Crippen LogP contribution in [0.25, 0.3) is 0 Å². The highest BCUT2D eigenvalue weighted by molar-refractivity contribution is 5.23. The highest BCUT2D eigenvalue weighted by atomic mass is 16.5. The quantitative estimate of drug-likeness (QED) is 0.797. The van der Waals surface area contributed by atoms with Crippen LogP contribution in [-0.2, 0) is 0 Å². The Labute approximate surface area is 84.7 Å². The molecule has 0 saturated heterocycles. The molecule has 78 valence electrons. The van der Waals surface area contributed by atoms with E-state index in [1.165, 1.54) is 0 Å². The standard InChI is InChI=1S/C11H17NO2/c1-8-6-9(2)12-11(7-8)14-5-4-10(3)13/h6-7,10,13H,4-5H2,1-3H3. The number of aliphatic hydroxyl groups excluding tert-OH is 1. The molecule has 1 N–H and O–H groups in total. The van der Waals surface area contributed by atoms with E-state index in [-0.39, 0.29) is 6.10 Å². The summed E-state index contributed by atoms with van der Waals surface area (Å²) in [5, 5.41) is 9.04. The number of rotatable bonds is 4. The summed E-state index contributed by atoms with van der Waals surface area (Å²) in [6.45, 7) is 6.20. The molecule has 3 heteroatoms. The van der Waals surface area contributed by atoms with Gasteiger partial charge >= 0.3 is 0 Å². The average Bonchev–Trinajstić information content (AvgIpc) is 2.01. The summed E-state index contributed by atoms with van der Waals surface area (Å²) in [5.74, 6) is 0.642. The topological polar surface area (TPSA) is 42.4 Å². The van der Waals surface area contributed by atoms with Gasteiger partial charge in [0.05, 0.1) is 12.7 Å². The highest BCUT2D eigenvalue weighted by Gasteiger charge is 2.00. The molecule has 1 aromatic rings. The molecule has 1 rings (SSSR count). The SMILES string of the molecule is Cc1cc(C)nc(OCCC(C)O)c1. The number of nitrogens with zero attached hydrogens (tertiary/aromatic N) is 1. The van der Waals surface area contributed by atoms with Crippen molar-refractivity contribution in [3.63, 3.8) is 0 Å². The lowest BCUT2D eigenvalue weighted by molar-refractivity contribution is 0.154. The predicted molar refractivity (Wildman–Crippen MR) is 55.5 cm³/mol. The Kier molecular flexibility index (Phi) is 3.89. The summed E-state index contributed by atoms with van der Waals surface area (Å²) in [4.78, 5) is 4.23. The van der Waals surface area contributed by atoms with Crippen LogP contribution in [0.3, 0.4) is 0 Å². The van der Waals surface area contributed by atoms with Gasteiger partial charge in [-0.2, -0.15) is 0 Å². The Hall–Kier alpha value is -1.09. The minimum absolute atomic E-state index is 0.319. The van der Waals surface area contributed by atoms with Crippen LogP contribution in [0, 0.1) is 13.8 Å². The molecule has 0 bridgehead atoms. The molecule has 0 amide bonds. The number of aliphatic hydroxyl groups is 1. The van der Waals surface area contributed by atoms with Crippen molar-refractivity contribution in [2.75, 3.05) is 6.61 Å². The zero-order valence-electron chi connectivity index (χ0n) is 8.95. The maximum absolute atomic E-state index is 9.04. The lowest BCUT2D eigenvalue weighted by Crippen LogP contribution is -2.08. The number of hydrogen-bond acceptors (Lipinski definition) is 3. The van der Waals surface area contributed by atoms with Gasteiger partial charge in [-0.15, -0.1) is 0 Å². The summed E-state index contributed by atoms with van der Waals surface area (Å²) in [6, 6.07) is 3.90. The van der Waals surface area contributed by atoms with Gasteiger partial charge in [0.25, 0.3) is 0 Å². The van der Waals surface area contributed by atoms with E-state index in [1.807, 2.05) is 26.0 Å². The predicted octanol–water partition coefficient (Wildman–Crippen LogP) is 1.85. The van der Waals surface area contributed by atoms with Crippen molar-refractivity contribution in [3.8, 4) is 5.88 Å². The maximum Gasteiger partial charge on any atom is 0.213 e. The van der Waals surface area contributed by atoms with Gasteiger partial charge in [0.1, 0.15) is 0 Å². The largest absolute Gasteiger partial charge is 0.478 e. The monoisotopic (exact) mass is 195 g/mol. The van der Waals surface area contributed by atoms with E-state index >= 15 is 0 Å². The first-order valence-corrected chi connectivity index (χ1v) is 4.84. The van der Waals surface area contributed by atoms with Gasteiger partial charge in [0.2, 0.25) is 5.88 Å². The van der Waals surface area contributed by atoms with Crippen molar-refractivity contribution < 1.29 is 9.84 Å². The normalized spacial score (nSPS) is 12.6. The minimum Gasteiger partial charge on any atom is -0.478 e. The minimum atomic E-state index is -0.319. The fourth-order valence-electron chi connectivity index (χ4n) is 1.21. The van der Waals surface area contributed by atoms with Gasteiger partial charge in [-0.1, -0.05) is 0 Å². The third-order valence-electron chi connectivity index (χ3n) is 1.86. The lowest BCUT2D eigenvalue weighted by Gasteiger charge is -2.08. The Balaban J connectivity index is 2.50. The van der Waals surface area contributed by atoms with Crippen molar-refractivity contribution in [2.45, 2.75) is 33.3 Å². The molecule has 0 aliphatic carbocycles. The Morgan fingerprint density at radius 2 is 2.14 bits per heavy atom. The molecule has 1 heterocycles. The van der Waals surface area contributed by atoms with Gasteiger partial charge in [-0.25, -0.2) is 4.98 Å². The molecule has 14 heavy (non-hydrogen) atoms. The van der Waals surface area contributed by atoms with Gasteiger partial charge in [-0.3, -0.25) is 0 Å². The first kappa shape index (κ1) is 11.0. The molecule has 1 aromatic heterocycles. The number of aromatic nitrogens is 1. The van der Waals surface area contributed by atoms with E-state index in [0.717, 1.165) is 11.3 Å². The van der Waals surface area contributed by atoms with Crippen LogP contribution in [0.2, 0.25) is 0 Å². The zero-order chi connectivity index (χ0) is 10.6. The van der Waals surface area contributed by atoms with E-state index < -0.39 is 0 Å². The van der Waals surface area contributed by atoms with Crippen molar-refractivity contribution in [2.24, 2.45) is 0 Å². The molecule has 0 aliphatic heterocycles. The summed E-state index contributed by atoms with van der Waals surface area (Å²) in [5.41, 5.74) is 2.10. The van der Waals surface area contributed by atoms with E-state index in [9.17, 15) is 0 Å². The Morgan fingerprint density at radius 3 is 2.71 bits per heavy atom. The summed E-state index contributed by atoms with van der Waals surface area (Å²) < 4.78 is 5.41. The van der Waals surface area contributed by atoms with Crippen LogP contribution in [0.4, 0.5) is 0 Å². The first-order chi connectivity index (χ1) is 6.58. The smallest absolute Gasteiger partial charge is 0.213 e. The average molecular weight is 195 g/mol. The van der Waals surface area contributed by atoms with Crippen molar-refractivity contribution in [1.82, 2.24) is 4.98 Å². The molecule has 0 radical (unpaired) electrons. The number of hydrogen-bond donors (Lipinski definition) is 1. The summed E-state index contributed by atoms with van der Waals surface area (Å²) >= 11 is 0. The molecular weight excluding hydrogens is 178 g/mol. The number of pyridine rings is 1. The fourth-order valence-corrected chi connectivity index (χ4v) is 1.21. The van der Waals surface area contributed by atoms with E-state index in [0.29, 0.717) is 18.9 Å². The van der Waals surface area contributed by atoms with Gasteiger partial charge in [-0.05, 0) is 32.4 Å². The van der Waals surface area contributed by atoms with Crippen molar-refractivity contribution in [3.05, 3.63) is 23.4 Å². The molecule has 1 unspecified atom stereocenters. The third-order valence-corrected chi connectivity index (χ3v) is 1.86. The first-order valence-electron chi connectivity index (χ1n) is 4.84. The molecule has 0 saturated carbocycles. The second-order valence-corrected chi connectivity index (χ2v) is 3.61. The second kappa shape index (κ2) is 4.96. The molecule has 0 aliphatic rings. The van der Waals surface area contributed by atoms with Gasteiger partial charge in [0, 0.05) is 18.2 Å². The second-order valence-electron chi connectivity index (χ2n) is 3.61. The highest BCUT2D eigenvalue weighted by Crippen LogP contribution is 2.11. The molecule has 0 fully saturated rings. The van der Waals surface area contributed by atoms with Gasteiger partial charge < -0.3 is 9.84 Å². The lowest BCUT2D eigenvalue weighted by atomic mass is 10.2. The fraction of sp³-hybridized carbons (Fsp3) is 0.545. The Morgan fingerprint density at radius 1 is 1.43 bits per heavy atom. The van der Waals surface area contributed by atoms with E-state index in [2.05, 4.69) is 4.98 Å². The Bertz CT molecular complexity index is 277. The molecule has 0 aromatic carbocycles. The van der Waals surface area contributed by atoms with Crippen LogP contribution >= 0.6 is 0 Å². The molecule has 0 spiro atoms. The molecule has 3 nitrogen and oxygen atoms in total. The van der Waals surface area contributed by atoms with Crippen molar-refractivity contribution in [1.29, 1.82) is 0 Å². The van der Waals surface area contributed by atoms with E-state index in [4.69, 9.17) is 9.84 Å². The van der Waals surface area contributed by atoms with Crippen LogP contribution in [0.15, 0.2) is 12.1 Å². The van der Waals surface area contributed by atoms with E-state index in [1.54, 1.807) is 6.92 Å². The number of aryl methyl sites for hydroxylation is 2. The number of ether oxygens (including phenoxy) is 1. The maximum atomic E-state index is 9.04. The van der Waals surface area contributed by atoms with Crippen LogP contribution < -0.4 is 4.74 Å². The molecular formula is C11H17NO2. The van der Waals surface area contributed by atoms with Crippen molar-refractivity contribution >= 4 is 0 Å².